The molecule has 122 valence electrons. The number of carbonyl (C=O) groups excluding carboxylic acids is 1. The van der Waals surface area contributed by atoms with Crippen molar-refractivity contribution in [2.75, 3.05) is 19.8 Å². The second kappa shape index (κ2) is 8.79. The van der Waals surface area contributed by atoms with Crippen molar-refractivity contribution in [2.45, 2.75) is 44.9 Å². The topological polar surface area (TPSA) is 72.8 Å². The molecule has 22 heavy (non-hydrogen) atoms. The number of ether oxygens (including phenoxy) is 2. The van der Waals surface area contributed by atoms with Crippen LogP contribution in [0.15, 0.2) is 0 Å². The molecule has 2 aliphatic carbocycles. The molecule has 0 heterocycles. The Morgan fingerprint density at radius 1 is 1.05 bits per heavy atom. The standard InChI is InChI=1S/C17H24O5/c18-16(19)9-11-21-10-5-8-17(20)22-12-15-13-6-3-1-2-4-7-14(13)15/h13-15H,3-12H2,(H,18,19). The van der Waals surface area contributed by atoms with Crippen molar-refractivity contribution in [3.63, 3.8) is 0 Å². The summed E-state index contributed by atoms with van der Waals surface area (Å²) in [4.78, 5) is 21.9. The molecule has 2 aliphatic rings. The maximum Gasteiger partial charge on any atom is 0.305 e. The number of hydrogen-bond donors (Lipinski definition) is 1. The summed E-state index contributed by atoms with van der Waals surface area (Å²) in [7, 11) is 0. The molecule has 1 N–H and O–H groups in total. The Morgan fingerprint density at radius 3 is 2.36 bits per heavy atom. The first-order valence-corrected chi connectivity index (χ1v) is 8.09. The molecule has 5 heteroatoms. The molecule has 0 aliphatic heterocycles. The van der Waals surface area contributed by atoms with Crippen molar-refractivity contribution in [1.82, 2.24) is 0 Å². The lowest BCUT2D eigenvalue weighted by Crippen LogP contribution is -2.10. The van der Waals surface area contributed by atoms with E-state index in [9.17, 15) is 9.59 Å². The molecule has 0 aromatic rings. The van der Waals surface area contributed by atoms with E-state index in [1.165, 1.54) is 0 Å². The summed E-state index contributed by atoms with van der Waals surface area (Å²) < 4.78 is 10.5. The van der Waals surface area contributed by atoms with E-state index in [-0.39, 0.29) is 19.0 Å². The number of rotatable bonds is 9. The van der Waals surface area contributed by atoms with Gasteiger partial charge in [-0.3, -0.25) is 9.59 Å². The van der Waals surface area contributed by atoms with Gasteiger partial charge in [0.05, 0.1) is 19.6 Å². The summed E-state index contributed by atoms with van der Waals surface area (Å²) in [6, 6.07) is 0. The molecular weight excluding hydrogens is 284 g/mol. The molecule has 0 bridgehead atoms. The van der Waals surface area contributed by atoms with Gasteiger partial charge in [-0.25, -0.2) is 0 Å². The van der Waals surface area contributed by atoms with Gasteiger partial charge in [0.1, 0.15) is 0 Å². The van der Waals surface area contributed by atoms with Crippen molar-refractivity contribution >= 4 is 11.9 Å². The van der Waals surface area contributed by atoms with Gasteiger partial charge < -0.3 is 14.6 Å². The van der Waals surface area contributed by atoms with E-state index < -0.39 is 5.97 Å². The van der Waals surface area contributed by atoms with Crippen molar-refractivity contribution in [2.24, 2.45) is 17.8 Å². The molecule has 2 unspecified atom stereocenters. The zero-order valence-corrected chi connectivity index (χ0v) is 12.9. The van der Waals surface area contributed by atoms with Crippen molar-refractivity contribution in [1.29, 1.82) is 0 Å². The van der Waals surface area contributed by atoms with Crippen LogP contribution in [0.1, 0.15) is 44.9 Å². The number of carboxylic acids is 1. The summed E-state index contributed by atoms with van der Waals surface area (Å²) in [5.41, 5.74) is 0. The van der Waals surface area contributed by atoms with E-state index >= 15 is 0 Å². The van der Waals surface area contributed by atoms with Crippen LogP contribution in [0.5, 0.6) is 0 Å². The first-order chi connectivity index (χ1) is 10.7. The van der Waals surface area contributed by atoms with Gasteiger partial charge in [-0.2, -0.15) is 0 Å². The van der Waals surface area contributed by atoms with Gasteiger partial charge >= 0.3 is 11.9 Å². The molecule has 2 atom stereocenters. The molecule has 5 nitrogen and oxygen atoms in total. The average Bonchev–Trinajstić information content (AvgIpc) is 3.10. The highest BCUT2D eigenvalue weighted by Gasteiger charge is 2.49. The lowest BCUT2D eigenvalue weighted by Gasteiger charge is -2.05. The number of carbonyl (C=O) groups is 2. The van der Waals surface area contributed by atoms with Crippen molar-refractivity contribution < 1.29 is 24.2 Å². The van der Waals surface area contributed by atoms with E-state index in [0.717, 1.165) is 25.7 Å². The van der Waals surface area contributed by atoms with Crippen LogP contribution in [-0.2, 0) is 19.1 Å². The molecule has 2 rings (SSSR count). The van der Waals surface area contributed by atoms with Gasteiger partial charge in [0.2, 0.25) is 0 Å². The number of aliphatic carboxylic acids is 1. The minimum Gasteiger partial charge on any atom is -0.481 e. The zero-order valence-electron chi connectivity index (χ0n) is 12.9. The second-order valence-corrected chi connectivity index (χ2v) is 5.97. The van der Waals surface area contributed by atoms with Gasteiger partial charge in [0.25, 0.3) is 0 Å². The lowest BCUT2D eigenvalue weighted by molar-refractivity contribution is -0.145. The van der Waals surface area contributed by atoms with Gasteiger partial charge in [0, 0.05) is 25.9 Å². The fraction of sp³-hybridized carbons (Fsp3) is 0.765. The summed E-state index contributed by atoms with van der Waals surface area (Å²) in [5, 5.41) is 8.45. The Kier molecular flexibility index (Phi) is 6.73. The molecule has 1 saturated carbocycles. The monoisotopic (exact) mass is 308 g/mol. The van der Waals surface area contributed by atoms with E-state index in [4.69, 9.17) is 14.6 Å². The maximum atomic E-state index is 11.7. The van der Waals surface area contributed by atoms with Crippen LogP contribution in [0.4, 0.5) is 0 Å². The van der Waals surface area contributed by atoms with Crippen LogP contribution < -0.4 is 0 Å². The number of carboxylic acid groups (broad SMARTS) is 1. The Labute approximate surface area is 131 Å². The third-order valence-electron chi connectivity index (χ3n) is 4.41. The van der Waals surface area contributed by atoms with Crippen molar-refractivity contribution in [3.05, 3.63) is 0 Å². The summed E-state index contributed by atoms with van der Waals surface area (Å²) in [6.45, 7) is 1.13. The Balaban J connectivity index is 1.49. The third kappa shape index (κ3) is 5.69. The van der Waals surface area contributed by atoms with Crippen molar-refractivity contribution in [3.8, 4) is 11.8 Å². The molecule has 0 aromatic heterocycles. The molecule has 1 fully saturated rings. The van der Waals surface area contributed by atoms with E-state index in [0.29, 0.717) is 43.8 Å². The minimum atomic E-state index is -0.873. The van der Waals surface area contributed by atoms with Crippen LogP contribution >= 0.6 is 0 Å². The Morgan fingerprint density at radius 2 is 1.73 bits per heavy atom. The predicted molar refractivity (Wildman–Crippen MR) is 80.0 cm³/mol. The van der Waals surface area contributed by atoms with E-state index in [1.807, 2.05) is 0 Å². The normalized spacial score (nSPS) is 25.9. The number of hydrogen-bond acceptors (Lipinski definition) is 4. The third-order valence-corrected chi connectivity index (χ3v) is 4.41. The first kappa shape index (κ1) is 16.8. The van der Waals surface area contributed by atoms with Crippen LogP contribution in [0, 0.1) is 29.6 Å². The number of esters is 1. The Hall–Kier alpha value is -1.54. The summed E-state index contributed by atoms with van der Waals surface area (Å²) >= 11 is 0. The van der Waals surface area contributed by atoms with Gasteiger partial charge in [0.15, 0.2) is 0 Å². The smallest absolute Gasteiger partial charge is 0.305 e. The van der Waals surface area contributed by atoms with Gasteiger partial charge in [-0.15, -0.1) is 11.8 Å². The lowest BCUT2D eigenvalue weighted by atomic mass is 10.1. The molecule has 0 amide bonds. The Bertz CT molecular complexity index is 430. The average molecular weight is 308 g/mol. The fourth-order valence-electron chi connectivity index (χ4n) is 3.12. The highest BCUT2D eigenvalue weighted by atomic mass is 16.5. The molecule has 0 saturated heterocycles. The molecule has 0 aromatic carbocycles. The van der Waals surface area contributed by atoms with E-state index in [2.05, 4.69) is 11.8 Å². The highest BCUT2D eigenvalue weighted by molar-refractivity contribution is 5.69. The van der Waals surface area contributed by atoms with Crippen LogP contribution in [0.3, 0.4) is 0 Å². The summed E-state index contributed by atoms with van der Waals surface area (Å²) in [5.74, 6) is 7.21. The SMILES string of the molecule is O=C(O)CCOCCCC(=O)OCC1C2CCC#CCCC21. The molecule has 0 spiro atoms. The quantitative estimate of drug-likeness (QED) is 0.402. The minimum absolute atomic E-state index is 0.00137. The van der Waals surface area contributed by atoms with E-state index in [1.54, 1.807) is 0 Å². The maximum absolute atomic E-state index is 11.7. The van der Waals surface area contributed by atoms with Crippen LogP contribution in [0.25, 0.3) is 0 Å². The fourth-order valence-corrected chi connectivity index (χ4v) is 3.12. The second-order valence-electron chi connectivity index (χ2n) is 5.97. The largest absolute Gasteiger partial charge is 0.481 e. The number of fused-ring (bicyclic) bond motifs is 1. The predicted octanol–water partition coefficient (Wildman–Crippen LogP) is 2.24. The van der Waals surface area contributed by atoms with Gasteiger partial charge in [-0.05, 0) is 37.0 Å². The van der Waals surface area contributed by atoms with Gasteiger partial charge in [-0.1, -0.05) is 0 Å². The molecule has 0 radical (unpaired) electrons. The highest BCUT2D eigenvalue weighted by Crippen LogP contribution is 2.52. The molecular formula is C17H24O5. The first-order valence-electron chi connectivity index (χ1n) is 8.09. The summed E-state index contributed by atoms with van der Waals surface area (Å²) in [6.07, 6.45) is 5.12. The van der Waals surface area contributed by atoms with Crippen LogP contribution in [-0.4, -0.2) is 36.9 Å². The zero-order chi connectivity index (χ0) is 15.8. The van der Waals surface area contributed by atoms with Crippen LogP contribution in [0.2, 0.25) is 0 Å².